The second kappa shape index (κ2) is 7.90. The van der Waals surface area contributed by atoms with Crippen molar-refractivity contribution in [1.82, 2.24) is 9.21 Å². The van der Waals surface area contributed by atoms with Crippen LogP contribution >= 0.6 is 15.9 Å². The topological polar surface area (TPSA) is 57.7 Å². The summed E-state index contributed by atoms with van der Waals surface area (Å²) in [5, 5.41) is 0. The lowest BCUT2D eigenvalue weighted by molar-refractivity contribution is 0.0784. The first-order valence-corrected chi connectivity index (χ1v) is 10.7. The molecule has 0 saturated carbocycles. The second-order valence-corrected chi connectivity index (χ2v) is 9.18. The Morgan fingerprint density at radius 3 is 2.31 bits per heavy atom. The fourth-order valence-electron chi connectivity index (χ4n) is 3.02. The maximum atomic E-state index is 12.6. The summed E-state index contributed by atoms with van der Waals surface area (Å²) in [5.74, 6) is -0.147. The summed E-state index contributed by atoms with van der Waals surface area (Å²) in [6.45, 7) is 1.60. The van der Waals surface area contributed by atoms with E-state index in [1.54, 1.807) is 24.1 Å². The molecule has 0 spiro atoms. The molecule has 138 valence electrons. The Labute approximate surface area is 162 Å². The van der Waals surface area contributed by atoms with Gasteiger partial charge in [-0.25, -0.2) is 8.42 Å². The molecule has 0 aromatic heterocycles. The number of carbonyl (C=O) groups is 1. The van der Waals surface area contributed by atoms with Gasteiger partial charge < -0.3 is 4.90 Å². The third kappa shape index (κ3) is 4.00. The molecule has 3 rings (SSSR count). The molecule has 1 amide bonds. The highest BCUT2D eigenvalue weighted by atomic mass is 79.9. The van der Waals surface area contributed by atoms with Crippen molar-refractivity contribution >= 4 is 31.9 Å². The van der Waals surface area contributed by atoms with E-state index >= 15 is 0 Å². The number of amides is 1. The summed E-state index contributed by atoms with van der Waals surface area (Å²) >= 11 is 3.48. The van der Waals surface area contributed by atoms with Gasteiger partial charge in [0.2, 0.25) is 10.0 Å². The first-order valence-electron chi connectivity index (χ1n) is 8.48. The average molecular weight is 437 g/mol. The standard InChI is InChI=1S/C19H21BrN2O3S/c1-21(14-16-6-2-3-7-18(16)20)19(23)15-8-10-17(11-9-15)26(24,25)22-12-4-5-13-22/h2-3,6-11H,4-5,12-14H2,1H3. The third-order valence-electron chi connectivity index (χ3n) is 4.52. The molecule has 1 heterocycles. The Bertz CT molecular complexity index is 891. The fourth-order valence-corrected chi connectivity index (χ4v) is 4.95. The zero-order chi connectivity index (χ0) is 18.7. The quantitative estimate of drug-likeness (QED) is 0.720. The van der Waals surface area contributed by atoms with E-state index in [9.17, 15) is 13.2 Å². The number of rotatable bonds is 5. The summed E-state index contributed by atoms with van der Waals surface area (Å²) in [6, 6.07) is 14.0. The molecule has 1 fully saturated rings. The predicted molar refractivity (Wildman–Crippen MR) is 104 cm³/mol. The van der Waals surface area contributed by atoms with E-state index in [2.05, 4.69) is 15.9 Å². The van der Waals surface area contributed by atoms with Crippen LogP contribution in [0.4, 0.5) is 0 Å². The Balaban J connectivity index is 1.73. The lowest BCUT2D eigenvalue weighted by atomic mass is 10.1. The number of hydrogen-bond donors (Lipinski definition) is 0. The van der Waals surface area contributed by atoms with Crippen molar-refractivity contribution in [1.29, 1.82) is 0 Å². The molecule has 2 aromatic carbocycles. The molecular weight excluding hydrogens is 416 g/mol. The van der Waals surface area contributed by atoms with E-state index in [-0.39, 0.29) is 10.8 Å². The van der Waals surface area contributed by atoms with Crippen LogP contribution in [0.5, 0.6) is 0 Å². The Hall–Kier alpha value is -1.70. The molecule has 1 saturated heterocycles. The second-order valence-electron chi connectivity index (χ2n) is 6.39. The average Bonchev–Trinajstić information content (AvgIpc) is 3.18. The first-order chi connectivity index (χ1) is 12.4. The Kier molecular flexibility index (Phi) is 5.79. The van der Waals surface area contributed by atoms with Crippen molar-refractivity contribution in [2.75, 3.05) is 20.1 Å². The first kappa shape index (κ1) is 19.1. The van der Waals surface area contributed by atoms with Gasteiger partial charge in [0.1, 0.15) is 0 Å². The summed E-state index contributed by atoms with van der Waals surface area (Å²) in [5.41, 5.74) is 1.48. The van der Waals surface area contributed by atoms with Crippen molar-refractivity contribution in [2.45, 2.75) is 24.3 Å². The summed E-state index contributed by atoms with van der Waals surface area (Å²) in [7, 11) is -1.72. The van der Waals surface area contributed by atoms with Crippen molar-refractivity contribution in [3.8, 4) is 0 Å². The number of carbonyl (C=O) groups excluding carboxylic acids is 1. The molecule has 26 heavy (non-hydrogen) atoms. The summed E-state index contributed by atoms with van der Waals surface area (Å²) in [6.07, 6.45) is 1.80. The summed E-state index contributed by atoms with van der Waals surface area (Å²) < 4.78 is 27.6. The lowest BCUT2D eigenvalue weighted by Gasteiger charge is -2.19. The zero-order valence-corrected chi connectivity index (χ0v) is 17.0. The van der Waals surface area contributed by atoms with E-state index in [1.165, 1.54) is 16.4 Å². The maximum absolute atomic E-state index is 12.6. The minimum absolute atomic E-state index is 0.147. The number of nitrogens with zero attached hydrogens (tertiary/aromatic N) is 2. The van der Waals surface area contributed by atoms with Crippen LogP contribution in [0.1, 0.15) is 28.8 Å². The fraction of sp³-hybridized carbons (Fsp3) is 0.316. The third-order valence-corrected chi connectivity index (χ3v) is 7.20. The van der Waals surface area contributed by atoms with Gasteiger partial charge >= 0.3 is 0 Å². The molecule has 0 radical (unpaired) electrons. The van der Waals surface area contributed by atoms with Gasteiger partial charge in [-0.15, -0.1) is 0 Å². The predicted octanol–water partition coefficient (Wildman–Crippen LogP) is 3.51. The minimum atomic E-state index is -3.45. The SMILES string of the molecule is CN(Cc1ccccc1Br)C(=O)c1ccc(S(=O)(=O)N2CCCC2)cc1. The molecule has 0 N–H and O–H groups in total. The number of sulfonamides is 1. The van der Waals surface area contributed by atoms with Crippen molar-refractivity contribution in [3.05, 3.63) is 64.1 Å². The number of halogens is 1. The van der Waals surface area contributed by atoms with Crippen LogP contribution < -0.4 is 0 Å². The van der Waals surface area contributed by atoms with E-state index in [4.69, 9.17) is 0 Å². The molecule has 0 atom stereocenters. The smallest absolute Gasteiger partial charge is 0.253 e. The highest BCUT2D eigenvalue weighted by Gasteiger charge is 2.27. The van der Waals surface area contributed by atoms with Crippen LogP contribution in [0.25, 0.3) is 0 Å². The van der Waals surface area contributed by atoms with Gasteiger partial charge in [-0.1, -0.05) is 34.1 Å². The largest absolute Gasteiger partial charge is 0.337 e. The van der Waals surface area contributed by atoms with Crippen LogP contribution in [0.2, 0.25) is 0 Å². The van der Waals surface area contributed by atoms with Crippen LogP contribution in [0, 0.1) is 0 Å². The van der Waals surface area contributed by atoms with E-state index in [0.717, 1.165) is 22.9 Å². The van der Waals surface area contributed by atoms with Gasteiger partial charge in [0, 0.05) is 36.7 Å². The zero-order valence-electron chi connectivity index (χ0n) is 14.6. The normalized spacial score (nSPS) is 15.2. The molecule has 5 nitrogen and oxygen atoms in total. The van der Waals surface area contributed by atoms with Gasteiger partial charge in [0.05, 0.1) is 4.90 Å². The van der Waals surface area contributed by atoms with Crippen LogP contribution in [-0.2, 0) is 16.6 Å². The molecule has 0 aliphatic carbocycles. The molecule has 0 unspecified atom stereocenters. The van der Waals surface area contributed by atoms with Crippen molar-refractivity contribution in [3.63, 3.8) is 0 Å². The molecule has 1 aliphatic heterocycles. The van der Waals surface area contributed by atoms with Crippen LogP contribution in [0.15, 0.2) is 57.9 Å². The van der Waals surface area contributed by atoms with Gasteiger partial charge in [0.25, 0.3) is 5.91 Å². The van der Waals surface area contributed by atoms with Gasteiger partial charge in [-0.2, -0.15) is 4.31 Å². The van der Waals surface area contributed by atoms with Crippen LogP contribution in [0.3, 0.4) is 0 Å². The van der Waals surface area contributed by atoms with Gasteiger partial charge in [0.15, 0.2) is 0 Å². The Morgan fingerprint density at radius 2 is 1.69 bits per heavy atom. The Morgan fingerprint density at radius 1 is 1.08 bits per heavy atom. The summed E-state index contributed by atoms with van der Waals surface area (Å²) in [4.78, 5) is 14.5. The number of hydrogen-bond acceptors (Lipinski definition) is 3. The molecule has 1 aliphatic rings. The van der Waals surface area contributed by atoms with E-state index < -0.39 is 10.0 Å². The van der Waals surface area contributed by atoms with Gasteiger partial charge in [-0.3, -0.25) is 4.79 Å². The monoisotopic (exact) mass is 436 g/mol. The highest BCUT2D eigenvalue weighted by molar-refractivity contribution is 9.10. The molecule has 2 aromatic rings. The van der Waals surface area contributed by atoms with Crippen molar-refractivity contribution < 1.29 is 13.2 Å². The van der Waals surface area contributed by atoms with Crippen LogP contribution in [-0.4, -0.2) is 43.7 Å². The minimum Gasteiger partial charge on any atom is -0.337 e. The highest BCUT2D eigenvalue weighted by Crippen LogP contribution is 2.22. The maximum Gasteiger partial charge on any atom is 0.253 e. The lowest BCUT2D eigenvalue weighted by Crippen LogP contribution is -2.28. The van der Waals surface area contributed by atoms with E-state index in [1.807, 2.05) is 24.3 Å². The molecule has 7 heteroatoms. The van der Waals surface area contributed by atoms with Gasteiger partial charge in [-0.05, 0) is 48.7 Å². The molecule has 0 bridgehead atoms. The van der Waals surface area contributed by atoms with Crippen molar-refractivity contribution in [2.24, 2.45) is 0 Å². The van der Waals surface area contributed by atoms with E-state index in [0.29, 0.717) is 25.2 Å². The number of benzene rings is 2. The molecular formula is C19H21BrN2O3S.